The van der Waals surface area contributed by atoms with E-state index in [0.717, 1.165) is 12.1 Å². The lowest BCUT2D eigenvalue weighted by molar-refractivity contribution is 0.102. The van der Waals surface area contributed by atoms with Crippen molar-refractivity contribution in [1.82, 2.24) is 0 Å². The number of hydrogen-bond acceptors (Lipinski definition) is 2. The Bertz CT molecular complexity index is 941. The summed E-state index contributed by atoms with van der Waals surface area (Å²) in [5, 5.41) is 5.25. The molecule has 0 aliphatic carbocycles. The zero-order chi connectivity index (χ0) is 18.7. The van der Waals surface area contributed by atoms with Gasteiger partial charge in [0.05, 0.1) is 5.69 Å². The Morgan fingerprint density at radius 1 is 0.692 bits per heavy atom. The number of anilines is 3. The molecule has 0 heterocycles. The van der Waals surface area contributed by atoms with Gasteiger partial charge < -0.3 is 10.6 Å². The topological polar surface area (TPSA) is 41.1 Å². The van der Waals surface area contributed by atoms with Gasteiger partial charge in [0, 0.05) is 16.9 Å². The quantitative estimate of drug-likeness (QED) is 0.494. The van der Waals surface area contributed by atoms with Crippen LogP contribution in [-0.4, -0.2) is 5.91 Å². The van der Waals surface area contributed by atoms with Gasteiger partial charge in [0.2, 0.25) is 0 Å². The van der Waals surface area contributed by atoms with Gasteiger partial charge in [0.1, 0.15) is 5.82 Å². The van der Waals surface area contributed by atoms with Gasteiger partial charge in [-0.15, -0.1) is 0 Å². The molecule has 1 amide bonds. The first-order valence-electron chi connectivity index (χ1n) is 7.51. The van der Waals surface area contributed by atoms with Crippen LogP contribution in [0.25, 0.3) is 0 Å². The van der Waals surface area contributed by atoms with Gasteiger partial charge in [-0.1, -0.05) is 0 Å². The smallest absolute Gasteiger partial charge is 0.255 e. The summed E-state index contributed by atoms with van der Waals surface area (Å²) in [4.78, 5) is 12.0. The molecular formula is C19H12F4N2O. The minimum atomic E-state index is -1.56. The highest BCUT2D eigenvalue weighted by Crippen LogP contribution is 2.24. The third-order valence-corrected chi connectivity index (χ3v) is 3.56. The predicted molar refractivity (Wildman–Crippen MR) is 90.4 cm³/mol. The number of nitrogens with one attached hydrogen (secondary N) is 2. The van der Waals surface area contributed by atoms with E-state index in [9.17, 15) is 22.4 Å². The van der Waals surface area contributed by atoms with Crippen LogP contribution < -0.4 is 10.6 Å². The van der Waals surface area contributed by atoms with Gasteiger partial charge in [-0.2, -0.15) is 0 Å². The molecule has 0 saturated heterocycles. The van der Waals surface area contributed by atoms with Crippen molar-refractivity contribution in [1.29, 1.82) is 0 Å². The molecule has 0 unspecified atom stereocenters. The van der Waals surface area contributed by atoms with Crippen molar-refractivity contribution in [3.05, 3.63) is 89.5 Å². The number of halogens is 4. The van der Waals surface area contributed by atoms with E-state index in [0.29, 0.717) is 11.4 Å². The van der Waals surface area contributed by atoms with E-state index in [-0.39, 0.29) is 11.3 Å². The summed E-state index contributed by atoms with van der Waals surface area (Å²) >= 11 is 0. The molecule has 0 atom stereocenters. The van der Waals surface area contributed by atoms with Gasteiger partial charge in [0.25, 0.3) is 5.91 Å². The summed E-state index contributed by atoms with van der Waals surface area (Å²) in [5.74, 6) is -5.01. The maximum absolute atomic E-state index is 13.7. The summed E-state index contributed by atoms with van der Waals surface area (Å²) in [6.07, 6.45) is 0. The lowest BCUT2D eigenvalue weighted by Gasteiger charge is -2.10. The summed E-state index contributed by atoms with van der Waals surface area (Å²) in [7, 11) is 0. The van der Waals surface area contributed by atoms with Crippen molar-refractivity contribution in [2.24, 2.45) is 0 Å². The molecule has 3 aromatic rings. The van der Waals surface area contributed by atoms with Crippen LogP contribution >= 0.6 is 0 Å². The molecule has 0 fully saturated rings. The molecule has 3 rings (SSSR count). The van der Waals surface area contributed by atoms with Crippen LogP contribution in [0.4, 0.5) is 34.6 Å². The maximum Gasteiger partial charge on any atom is 0.255 e. The second-order valence-electron chi connectivity index (χ2n) is 5.39. The summed E-state index contributed by atoms with van der Waals surface area (Å²) < 4.78 is 52.7. The van der Waals surface area contributed by atoms with E-state index in [2.05, 4.69) is 10.6 Å². The van der Waals surface area contributed by atoms with Gasteiger partial charge in [-0.05, 0) is 60.7 Å². The predicted octanol–water partition coefficient (Wildman–Crippen LogP) is 5.24. The fraction of sp³-hybridized carbons (Fsp3) is 0. The Hall–Kier alpha value is -3.35. The van der Waals surface area contributed by atoms with Gasteiger partial charge in [-0.3, -0.25) is 4.79 Å². The molecule has 0 saturated carbocycles. The first-order valence-corrected chi connectivity index (χ1v) is 7.51. The van der Waals surface area contributed by atoms with Gasteiger partial charge in [0.15, 0.2) is 17.5 Å². The number of carbonyl (C=O) groups is 1. The van der Waals surface area contributed by atoms with Crippen molar-refractivity contribution in [3.8, 4) is 0 Å². The highest BCUT2D eigenvalue weighted by Gasteiger charge is 2.13. The second kappa shape index (κ2) is 7.26. The first-order chi connectivity index (χ1) is 12.4. The average molecular weight is 360 g/mol. The molecule has 26 heavy (non-hydrogen) atoms. The lowest BCUT2D eigenvalue weighted by atomic mass is 10.2. The van der Waals surface area contributed by atoms with Gasteiger partial charge >= 0.3 is 0 Å². The van der Waals surface area contributed by atoms with Crippen LogP contribution in [0.1, 0.15) is 10.4 Å². The average Bonchev–Trinajstić information content (AvgIpc) is 2.64. The third-order valence-electron chi connectivity index (χ3n) is 3.56. The van der Waals surface area contributed by atoms with Crippen molar-refractivity contribution < 1.29 is 22.4 Å². The molecule has 3 nitrogen and oxygen atoms in total. The fourth-order valence-electron chi connectivity index (χ4n) is 2.22. The molecule has 0 spiro atoms. The maximum atomic E-state index is 13.7. The number of amides is 1. The molecule has 7 heteroatoms. The van der Waals surface area contributed by atoms with Crippen molar-refractivity contribution in [2.45, 2.75) is 0 Å². The van der Waals surface area contributed by atoms with Crippen molar-refractivity contribution in [3.63, 3.8) is 0 Å². The van der Waals surface area contributed by atoms with Crippen LogP contribution in [0.2, 0.25) is 0 Å². The van der Waals surface area contributed by atoms with E-state index in [1.165, 1.54) is 36.4 Å². The van der Waals surface area contributed by atoms with Gasteiger partial charge in [-0.25, -0.2) is 17.6 Å². The van der Waals surface area contributed by atoms with Crippen LogP contribution in [0, 0.1) is 23.3 Å². The van der Waals surface area contributed by atoms with Crippen LogP contribution in [0.3, 0.4) is 0 Å². The SMILES string of the molecule is O=C(Nc1ccc(Nc2ccc(F)c(F)c2F)cc1)c1ccc(F)cc1. The molecule has 0 radical (unpaired) electrons. The summed E-state index contributed by atoms with van der Waals surface area (Å²) in [6, 6.07) is 13.1. The standard InChI is InChI=1S/C19H12F4N2O/c20-12-3-1-11(2-4-12)19(26)25-14-7-5-13(6-8-14)24-16-10-9-15(21)17(22)18(16)23/h1-10,24H,(H,25,26). The highest BCUT2D eigenvalue weighted by molar-refractivity contribution is 6.04. The molecule has 3 aromatic carbocycles. The van der Waals surface area contributed by atoms with E-state index < -0.39 is 29.2 Å². The van der Waals surface area contributed by atoms with Crippen molar-refractivity contribution in [2.75, 3.05) is 10.6 Å². The molecule has 0 aliphatic heterocycles. The van der Waals surface area contributed by atoms with E-state index >= 15 is 0 Å². The largest absolute Gasteiger partial charge is 0.353 e. The number of hydrogen-bond donors (Lipinski definition) is 2. The second-order valence-corrected chi connectivity index (χ2v) is 5.39. The Kier molecular flexibility index (Phi) is 4.88. The first kappa shape index (κ1) is 17.5. The summed E-state index contributed by atoms with van der Waals surface area (Å²) in [6.45, 7) is 0. The third kappa shape index (κ3) is 3.83. The van der Waals surface area contributed by atoms with E-state index in [1.807, 2.05) is 0 Å². The monoisotopic (exact) mass is 360 g/mol. The Labute approximate surface area is 146 Å². The Morgan fingerprint density at radius 3 is 1.96 bits per heavy atom. The lowest BCUT2D eigenvalue weighted by Crippen LogP contribution is -2.11. The zero-order valence-electron chi connectivity index (χ0n) is 13.2. The molecule has 132 valence electrons. The molecular weight excluding hydrogens is 348 g/mol. The minimum absolute atomic E-state index is 0.216. The molecule has 0 bridgehead atoms. The van der Waals surface area contributed by atoms with Crippen LogP contribution in [0.15, 0.2) is 60.7 Å². The Morgan fingerprint density at radius 2 is 1.31 bits per heavy atom. The molecule has 0 aliphatic rings. The van der Waals surface area contributed by atoms with E-state index in [4.69, 9.17) is 0 Å². The number of benzene rings is 3. The number of carbonyl (C=O) groups excluding carboxylic acids is 1. The molecule has 2 N–H and O–H groups in total. The Balaban J connectivity index is 1.70. The molecule has 0 aromatic heterocycles. The highest BCUT2D eigenvalue weighted by atomic mass is 19.2. The summed E-state index contributed by atoms with van der Waals surface area (Å²) in [5.41, 5.74) is 0.940. The number of rotatable bonds is 4. The van der Waals surface area contributed by atoms with Crippen LogP contribution in [-0.2, 0) is 0 Å². The van der Waals surface area contributed by atoms with Crippen LogP contribution in [0.5, 0.6) is 0 Å². The normalized spacial score (nSPS) is 10.5. The van der Waals surface area contributed by atoms with Crippen molar-refractivity contribution >= 4 is 23.0 Å². The fourth-order valence-corrected chi connectivity index (χ4v) is 2.22. The van der Waals surface area contributed by atoms with E-state index in [1.54, 1.807) is 12.1 Å². The zero-order valence-corrected chi connectivity index (χ0v) is 13.2. The minimum Gasteiger partial charge on any atom is -0.353 e.